The normalized spacial score (nSPS) is 13.0. The van der Waals surface area contributed by atoms with Crippen LogP contribution in [0.4, 0.5) is 0 Å². The van der Waals surface area contributed by atoms with Gasteiger partial charge in [-0.1, -0.05) is 18.2 Å². The predicted molar refractivity (Wildman–Crippen MR) is 75.3 cm³/mol. The lowest BCUT2D eigenvalue weighted by Crippen LogP contribution is -2.28. The fraction of sp³-hybridized carbons (Fsp3) is 0.0769. The van der Waals surface area contributed by atoms with Crippen LogP contribution in [-0.2, 0) is 0 Å². The number of thiophene rings is 2. The number of hydrazine groups is 1. The van der Waals surface area contributed by atoms with Crippen LogP contribution in [0.15, 0.2) is 46.5 Å². The van der Waals surface area contributed by atoms with E-state index in [-0.39, 0.29) is 6.04 Å². The van der Waals surface area contributed by atoms with Crippen LogP contribution in [0, 0.1) is 0 Å². The molecule has 2 aromatic heterocycles. The molecular formula is C13H12N2S2. The lowest BCUT2D eigenvalue weighted by Gasteiger charge is -2.14. The first-order chi connectivity index (χ1) is 8.40. The minimum atomic E-state index is 0.0809. The Morgan fingerprint density at radius 2 is 2.00 bits per heavy atom. The van der Waals surface area contributed by atoms with E-state index in [0.29, 0.717) is 0 Å². The Kier molecular flexibility index (Phi) is 2.94. The highest BCUT2D eigenvalue weighted by Crippen LogP contribution is 2.33. The van der Waals surface area contributed by atoms with Crippen molar-refractivity contribution in [2.75, 3.05) is 0 Å². The van der Waals surface area contributed by atoms with Gasteiger partial charge in [-0.2, -0.15) is 11.3 Å². The fourth-order valence-corrected chi connectivity index (χ4v) is 3.70. The molecule has 0 spiro atoms. The number of nitrogens with two attached hydrogens (primary N) is 1. The van der Waals surface area contributed by atoms with Gasteiger partial charge in [0.05, 0.1) is 6.04 Å². The zero-order chi connectivity index (χ0) is 11.7. The molecule has 0 aliphatic rings. The highest BCUT2D eigenvalue weighted by atomic mass is 32.1. The van der Waals surface area contributed by atoms with Crippen LogP contribution in [0.3, 0.4) is 0 Å². The largest absolute Gasteiger partial charge is 0.271 e. The van der Waals surface area contributed by atoms with Gasteiger partial charge >= 0.3 is 0 Å². The van der Waals surface area contributed by atoms with Gasteiger partial charge in [-0.25, -0.2) is 5.43 Å². The van der Waals surface area contributed by atoms with Crippen molar-refractivity contribution in [3.8, 4) is 0 Å². The summed E-state index contributed by atoms with van der Waals surface area (Å²) in [6.07, 6.45) is 0. The van der Waals surface area contributed by atoms with Gasteiger partial charge in [-0.15, -0.1) is 11.3 Å². The molecule has 0 saturated heterocycles. The van der Waals surface area contributed by atoms with E-state index in [1.54, 1.807) is 22.7 Å². The number of hydrogen-bond donors (Lipinski definition) is 2. The molecule has 1 atom stereocenters. The average molecular weight is 260 g/mol. The minimum absolute atomic E-state index is 0.0809. The summed E-state index contributed by atoms with van der Waals surface area (Å²) in [7, 11) is 0. The topological polar surface area (TPSA) is 38.0 Å². The Morgan fingerprint density at radius 1 is 1.12 bits per heavy atom. The Bertz CT molecular complexity index is 613. The molecule has 2 nitrogen and oxygen atoms in total. The summed E-state index contributed by atoms with van der Waals surface area (Å²) < 4.78 is 1.30. The number of rotatable bonds is 3. The minimum Gasteiger partial charge on any atom is -0.271 e. The Labute approximate surface area is 108 Å². The number of hydrogen-bond acceptors (Lipinski definition) is 4. The van der Waals surface area contributed by atoms with Crippen LogP contribution in [0.5, 0.6) is 0 Å². The lowest BCUT2D eigenvalue weighted by molar-refractivity contribution is 0.644. The van der Waals surface area contributed by atoms with Gasteiger partial charge < -0.3 is 0 Å². The van der Waals surface area contributed by atoms with Gasteiger partial charge in [0.15, 0.2) is 0 Å². The SMILES string of the molecule is NNC(c1ccsc1)c1csc2ccccc12. The third-order valence-corrected chi connectivity index (χ3v) is 4.55. The Hall–Kier alpha value is -1.20. The van der Waals surface area contributed by atoms with Crippen LogP contribution in [0.25, 0.3) is 10.1 Å². The smallest absolute Gasteiger partial charge is 0.0732 e. The summed E-state index contributed by atoms with van der Waals surface area (Å²) in [5.74, 6) is 5.71. The quantitative estimate of drug-likeness (QED) is 0.558. The lowest BCUT2D eigenvalue weighted by atomic mass is 10.0. The number of nitrogens with one attached hydrogen (secondary N) is 1. The van der Waals surface area contributed by atoms with Crippen molar-refractivity contribution < 1.29 is 0 Å². The van der Waals surface area contributed by atoms with Crippen molar-refractivity contribution in [2.45, 2.75) is 6.04 Å². The molecule has 86 valence electrons. The maximum absolute atomic E-state index is 5.71. The van der Waals surface area contributed by atoms with Gasteiger partial charge in [0.2, 0.25) is 0 Å². The van der Waals surface area contributed by atoms with Crippen LogP contribution < -0.4 is 11.3 Å². The van der Waals surface area contributed by atoms with E-state index in [1.165, 1.54) is 21.2 Å². The molecule has 0 bridgehead atoms. The molecule has 0 aliphatic heterocycles. The van der Waals surface area contributed by atoms with E-state index in [0.717, 1.165) is 0 Å². The van der Waals surface area contributed by atoms with Crippen LogP contribution in [0.1, 0.15) is 17.2 Å². The van der Waals surface area contributed by atoms with Crippen LogP contribution in [-0.4, -0.2) is 0 Å². The maximum Gasteiger partial charge on any atom is 0.0732 e. The van der Waals surface area contributed by atoms with Crippen molar-refractivity contribution in [1.82, 2.24) is 5.43 Å². The molecule has 0 fully saturated rings. The summed E-state index contributed by atoms with van der Waals surface area (Å²) in [5.41, 5.74) is 5.39. The van der Waals surface area contributed by atoms with Crippen molar-refractivity contribution in [3.05, 3.63) is 57.6 Å². The van der Waals surface area contributed by atoms with Gasteiger partial charge in [-0.05, 0) is 44.8 Å². The fourth-order valence-electron chi connectivity index (χ4n) is 2.03. The van der Waals surface area contributed by atoms with Gasteiger partial charge in [0, 0.05) is 4.70 Å². The zero-order valence-electron chi connectivity index (χ0n) is 9.09. The highest BCUT2D eigenvalue weighted by molar-refractivity contribution is 7.17. The van der Waals surface area contributed by atoms with Gasteiger partial charge in [-0.3, -0.25) is 5.84 Å². The van der Waals surface area contributed by atoms with E-state index < -0.39 is 0 Å². The van der Waals surface area contributed by atoms with E-state index in [9.17, 15) is 0 Å². The van der Waals surface area contributed by atoms with E-state index in [1.807, 2.05) is 0 Å². The van der Waals surface area contributed by atoms with Gasteiger partial charge in [0.25, 0.3) is 0 Å². The molecule has 3 rings (SSSR count). The predicted octanol–water partition coefficient (Wildman–Crippen LogP) is 3.52. The first kappa shape index (κ1) is 10.9. The Morgan fingerprint density at radius 3 is 2.76 bits per heavy atom. The van der Waals surface area contributed by atoms with Crippen molar-refractivity contribution in [3.63, 3.8) is 0 Å². The molecule has 0 radical (unpaired) electrons. The second-order valence-electron chi connectivity index (χ2n) is 3.84. The molecule has 2 heterocycles. The molecule has 1 aromatic carbocycles. The van der Waals surface area contributed by atoms with Crippen molar-refractivity contribution in [1.29, 1.82) is 0 Å². The molecule has 0 saturated carbocycles. The molecule has 3 N–H and O–H groups in total. The number of fused-ring (bicyclic) bond motifs is 1. The van der Waals surface area contributed by atoms with E-state index in [4.69, 9.17) is 5.84 Å². The zero-order valence-corrected chi connectivity index (χ0v) is 10.7. The molecule has 17 heavy (non-hydrogen) atoms. The molecule has 0 amide bonds. The van der Waals surface area contributed by atoms with Crippen molar-refractivity contribution >= 4 is 32.8 Å². The summed E-state index contributed by atoms with van der Waals surface area (Å²) in [6, 6.07) is 10.6. The first-order valence-electron chi connectivity index (χ1n) is 5.34. The average Bonchev–Trinajstić information content (AvgIpc) is 3.01. The third kappa shape index (κ3) is 1.89. The maximum atomic E-state index is 5.71. The van der Waals surface area contributed by atoms with Crippen molar-refractivity contribution in [2.24, 2.45) is 5.84 Å². The van der Waals surface area contributed by atoms with E-state index in [2.05, 4.69) is 51.9 Å². The summed E-state index contributed by atoms with van der Waals surface area (Å²) in [5, 5.41) is 7.68. The monoisotopic (exact) mass is 260 g/mol. The van der Waals surface area contributed by atoms with Crippen LogP contribution in [0.2, 0.25) is 0 Å². The second kappa shape index (κ2) is 4.58. The first-order valence-corrected chi connectivity index (χ1v) is 7.17. The van der Waals surface area contributed by atoms with Gasteiger partial charge in [0.1, 0.15) is 0 Å². The number of benzene rings is 1. The molecule has 4 heteroatoms. The molecular weight excluding hydrogens is 248 g/mol. The summed E-state index contributed by atoms with van der Waals surface area (Å²) in [4.78, 5) is 0. The Balaban J connectivity index is 2.13. The molecule has 3 aromatic rings. The molecule has 0 aliphatic carbocycles. The third-order valence-electron chi connectivity index (χ3n) is 2.87. The van der Waals surface area contributed by atoms with E-state index >= 15 is 0 Å². The second-order valence-corrected chi connectivity index (χ2v) is 5.53. The summed E-state index contributed by atoms with van der Waals surface area (Å²) >= 11 is 3.46. The standard InChI is InChI=1S/C13H12N2S2/c14-15-13(9-5-6-16-7-9)11-8-17-12-4-2-1-3-10(11)12/h1-8,13,15H,14H2. The highest BCUT2D eigenvalue weighted by Gasteiger charge is 2.16. The molecule has 1 unspecified atom stereocenters. The van der Waals surface area contributed by atoms with Crippen LogP contribution >= 0.6 is 22.7 Å². The summed E-state index contributed by atoms with van der Waals surface area (Å²) in [6.45, 7) is 0.